The van der Waals surface area contributed by atoms with Crippen LogP contribution in [0.15, 0.2) is 48.5 Å². The zero-order valence-electron chi connectivity index (χ0n) is 10.3. The Balaban J connectivity index is 1.95. The summed E-state index contributed by atoms with van der Waals surface area (Å²) < 4.78 is 0. The van der Waals surface area contributed by atoms with E-state index in [1.807, 2.05) is 18.2 Å². The molecule has 0 bridgehead atoms. The lowest BCUT2D eigenvalue weighted by atomic mass is 10.1. The Morgan fingerprint density at radius 2 is 1.89 bits per heavy atom. The van der Waals surface area contributed by atoms with Gasteiger partial charge in [0.05, 0.1) is 16.3 Å². The molecule has 4 heteroatoms. The van der Waals surface area contributed by atoms with E-state index in [9.17, 15) is 4.79 Å². The highest BCUT2D eigenvalue weighted by Gasteiger charge is 2.06. The molecule has 0 aromatic heterocycles. The first-order valence-electron chi connectivity index (χ1n) is 5.97. The molecule has 0 aliphatic carbocycles. The molecule has 0 atom stereocenters. The Hall–Kier alpha value is -2.00. The first-order chi connectivity index (χ1) is 9.16. The Bertz CT molecular complexity index is 570. The van der Waals surface area contributed by atoms with Crippen LogP contribution in [0.2, 0.25) is 5.02 Å². The summed E-state index contributed by atoms with van der Waals surface area (Å²) in [5.74, 6) is -0.974. The van der Waals surface area contributed by atoms with E-state index in [1.165, 1.54) is 11.6 Å². The van der Waals surface area contributed by atoms with Crippen LogP contribution < -0.4 is 5.32 Å². The van der Waals surface area contributed by atoms with Gasteiger partial charge in [-0.3, -0.25) is 0 Å². The van der Waals surface area contributed by atoms with Crippen molar-refractivity contribution in [1.29, 1.82) is 0 Å². The zero-order chi connectivity index (χ0) is 13.7. The number of hydrogen-bond donors (Lipinski definition) is 2. The second-order valence-corrected chi connectivity index (χ2v) is 4.57. The van der Waals surface area contributed by atoms with Gasteiger partial charge in [0.25, 0.3) is 0 Å². The van der Waals surface area contributed by atoms with Crippen LogP contribution in [0.5, 0.6) is 0 Å². The van der Waals surface area contributed by atoms with Crippen molar-refractivity contribution in [3.8, 4) is 0 Å². The standard InChI is InChI=1S/C15H14ClNO2/c16-13-10-12(15(18)19)6-7-14(13)17-9-8-11-4-2-1-3-5-11/h1-7,10,17H,8-9H2,(H,18,19). The van der Waals surface area contributed by atoms with Crippen LogP contribution >= 0.6 is 11.6 Å². The van der Waals surface area contributed by atoms with E-state index in [2.05, 4.69) is 17.4 Å². The number of carboxylic acids is 1. The number of carboxylic acid groups (broad SMARTS) is 1. The third-order valence-corrected chi connectivity index (χ3v) is 3.10. The first-order valence-corrected chi connectivity index (χ1v) is 6.35. The first kappa shape index (κ1) is 13.4. The van der Waals surface area contributed by atoms with Crippen molar-refractivity contribution in [3.63, 3.8) is 0 Å². The second kappa shape index (κ2) is 6.25. The van der Waals surface area contributed by atoms with Crippen LogP contribution in [0, 0.1) is 0 Å². The van der Waals surface area contributed by atoms with Crippen molar-refractivity contribution in [1.82, 2.24) is 0 Å². The highest BCUT2D eigenvalue weighted by atomic mass is 35.5. The van der Waals surface area contributed by atoms with E-state index in [-0.39, 0.29) is 5.56 Å². The van der Waals surface area contributed by atoms with Gasteiger partial charge in [0.2, 0.25) is 0 Å². The van der Waals surface area contributed by atoms with Crippen LogP contribution in [-0.2, 0) is 6.42 Å². The maximum atomic E-state index is 10.8. The molecule has 2 N–H and O–H groups in total. The fraction of sp³-hybridized carbons (Fsp3) is 0.133. The van der Waals surface area contributed by atoms with Gasteiger partial charge in [0.15, 0.2) is 0 Å². The molecule has 0 heterocycles. The lowest BCUT2D eigenvalue weighted by molar-refractivity contribution is 0.0697. The normalized spacial score (nSPS) is 10.2. The summed E-state index contributed by atoms with van der Waals surface area (Å²) in [6.07, 6.45) is 0.887. The molecular formula is C15H14ClNO2. The summed E-state index contributed by atoms with van der Waals surface area (Å²) in [5, 5.41) is 12.5. The summed E-state index contributed by atoms with van der Waals surface area (Å²) in [4.78, 5) is 10.8. The predicted molar refractivity (Wildman–Crippen MR) is 77.0 cm³/mol. The minimum Gasteiger partial charge on any atom is -0.478 e. The molecule has 0 saturated carbocycles. The van der Waals surface area contributed by atoms with Gasteiger partial charge in [-0.05, 0) is 30.2 Å². The number of halogens is 1. The van der Waals surface area contributed by atoms with Crippen molar-refractivity contribution < 1.29 is 9.90 Å². The Morgan fingerprint density at radius 1 is 1.16 bits per heavy atom. The van der Waals surface area contributed by atoms with Gasteiger partial charge >= 0.3 is 5.97 Å². The average Bonchev–Trinajstić information content (AvgIpc) is 2.41. The van der Waals surface area contributed by atoms with Crippen LogP contribution in [0.1, 0.15) is 15.9 Å². The molecule has 98 valence electrons. The van der Waals surface area contributed by atoms with E-state index < -0.39 is 5.97 Å². The molecule has 0 radical (unpaired) electrons. The summed E-state index contributed by atoms with van der Waals surface area (Å²) >= 11 is 6.03. The smallest absolute Gasteiger partial charge is 0.335 e. The number of nitrogens with one attached hydrogen (secondary N) is 1. The number of rotatable bonds is 5. The molecule has 19 heavy (non-hydrogen) atoms. The fourth-order valence-corrected chi connectivity index (χ4v) is 2.03. The van der Waals surface area contributed by atoms with Gasteiger partial charge in [0.1, 0.15) is 0 Å². The van der Waals surface area contributed by atoms with Gasteiger partial charge < -0.3 is 10.4 Å². The van der Waals surface area contributed by atoms with Crippen molar-refractivity contribution in [3.05, 3.63) is 64.7 Å². The second-order valence-electron chi connectivity index (χ2n) is 4.16. The van der Waals surface area contributed by atoms with E-state index in [1.54, 1.807) is 12.1 Å². The zero-order valence-corrected chi connectivity index (χ0v) is 11.0. The van der Waals surface area contributed by atoms with Gasteiger partial charge in [0, 0.05) is 6.54 Å². The van der Waals surface area contributed by atoms with Gasteiger partial charge in [-0.25, -0.2) is 4.79 Å². The Labute approximate surface area is 116 Å². The van der Waals surface area contributed by atoms with Crippen molar-refractivity contribution in [2.45, 2.75) is 6.42 Å². The molecule has 2 aromatic rings. The third-order valence-electron chi connectivity index (χ3n) is 2.79. The third kappa shape index (κ3) is 3.73. The molecule has 2 rings (SSSR count). The fourth-order valence-electron chi connectivity index (χ4n) is 1.78. The van der Waals surface area contributed by atoms with Gasteiger partial charge in [-0.1, -0.05) is 41.9 Å². The summed E-state index contributed by atoms with van der Waals surface area (Å²) in [7, 11) is 0. The van der Waals surface area contributed by atoms with Crippen LogP contribution in [0.25, 0.3) is 0 Å². The molecule has 0 unspecified atom stereocenters. The minimum absolute atomic E-state index is 0.193. The minimum atomic E-state index is -0.974. The monoisotopic (exact) mass is 275 g/mol. The number of carbonyl (C=O) groups is 1. The van der Waals surface area contributed by atoms with E-state index in [4.69, 9.17) is 16.7 Å². The summed E-state index contributed by atoms with van der Waals surface area (Å²) in [6, 6.07) is 14.8. The van der Waals surface area contributed by atoms with Crippen LogP contribution in [0.4, 0.5) is 5.69 Å². The van der Waals surface area contributed by atoms with Crippen molar-refractivity contribution in [2.24, 2.45) is 0 Å². The van der Waals surface area contributed by atoms with Crippen LogP contribution in [0.3, 0.4) is 0 Å². The van der Waals surface area contributed by atoms with E-state index in [0.717, 1.165) is 18.7 Å². The van der Waals surface area contributed by atoms with E-state index >= 15 is 0 Å². The molecular weight excluding hydrogens is 262 g/mol. The average molecular weight is 276 g/mol. The number of anilines is 1. The maximum absolute atomic E-state index is 10.8. The topological polar surface area (TPSA) is 49.3 Å². The summed E-state index contributed by atoms with van der Waals surface area (Å²) in [6.45, 7) is 0.746. The van der Waals surface area contributed by atoms with E-state index in [0.29, 0.717) is 5.02 Å². The Morgan fingerprint density at radius 3 is 2.53 bits per heavy atom. The summed E-state index contributed by atoms with van der Waals surface area (Å²) in [5.41, 5.74) is 2.19. The lowest BCUT2D eigenvalue weighted by Crippen LogP contribution is -2.06. The van der Waals surface area contributed by atoms with Crippen molar-refractivity contribution in [2.75, 3.05) is 11.9 Å². The number of hydrogen-bond acceptors (Lipinski definition) is 2. The SMILES string of the molecule is O=C(O)c1ccc(NCCc2ccccc2)c(Cl)c1. The number of benzene rings is 2. The maximum Gasteiger partial charge on any atom is 0.335 e. The van der Waals surface area contributed by atoms with Crippen LogP contribution in [-0.4, -0.2) is 17.6 Å². The molecule has 0 fully saturated rings. The highest BCUT2D eigenvalue weighted by Crippen LogP contribution is 2.23. The van der Waals surface area contributed by atoms with Gasteiger partial charge in [-0.15, -0.1) is 0 Å². The molecule has 0 spiro atoms. The Kier molecular flexibility index (Phi) is 4.42. The largest absolute Gasteiger partial charge is 0.478 e. The van der Waals surface area contributed by atoms with Gasteiger partial charge in [-0.2, -0.15) is 0 Å². The molecule has 2 aromatic carbocycles. The predicted octanol–water partition coefficient (Wildman–Crippen LogP) is 3.69. The quantitative estimate of drug-likeness (QED) is 0.875. The molecule has 0 aliphatic heterocycles. The lowest BCUT2D eigenvalue weighted by Gasteiger charge is -2.09. The van der Waals surface area contributed by atoms with Crippen molar-refractivity contribution >= 4 is 23.3 Å². The highest BCUT2D eigenvalue weighted by molar-refractivity contribution is 6.33. The molecule has 0 aliphatic rings. The molecule has 0 saturated heterocycles. The molecule has 0 amide bonds. The number of aromatic carboxylic acids is 1. The molecule has 3 nitrogen and oxygen atoms in total.